The quantitative estimate of drug-likeness (QED) is 0.911. The zero-order valence-electron chi connectivity index (χ0n) is 11.1. The third kappa shape index (κ3) is 4.00. The molecule has 0 aromatic heterocycles. The fraction of sp³-hybridized carbons (Fsp3) is 0.143. The van der Waals surface area contributed by atoms with E-state index in [4.69, 9.17) is 11.6 Å². The summed E-state index contributed by atoms with van der Waals surface area (Å²) >= 11 is 5.71. The number of hydrogen-bond acceptors (Lipinski definition) is 2. The number of rotatable bonds is 4. The number of nitrogens with one attached hydrogen (secondary N) is 1. The lowest BCUT2D eigenvalue weighted by Crippen LogP contribution is -2.24. The van der Waals surface area contributed by atoms with Crippen molar-refractivity contribution in [1.82, 2.24) is 4.72 Å². The lowest BCUT2D eigenvalue weighted by molar-refractivity contribution is -0.138. The summed E-state index contributed by atoms with van der Waals surface area (Å²) in [5, 5.41) is 0.221. The van der Waals surface area contributed by atoms with Crippen molar-refractivity contribution in [3.8, 4) is 0 Å². The Hall–Kier alpha value is -1.57. The highest BCUT2D eigenvalue weighted by atomic mass is 35.5. The standard InChI is InChI=1S/C14H11ClF3NO2S/c15-11-5-3-6-12(8-11)22(20,21)19-9-10-4-1-2-7-13(10)14(16,17)18/h1-8,19H,9H2. The van der Waals surface area contributed by atoms with E-state index in [-0.39, 0.29) is 15.5 Å². The first-order valence-electron chi connectivity index (χ1n) is 6.10. The predicted molar refractivity (Wildman–Crippen MR) is 76.9 cm³/mol. The molecule has 0 saturated carbocycles. The Kier molecular flexibility index (Phi) is 4.79. The third-order valence-electron chi connectivity index (χ3n) is 2.88. The number of hydrogen-bond donors (Lipinski definition) is 1. The van der Waals surface area contributed by atoms with Gasteiger partial charge in [-0.1, -0.05) is 35.9 Å². The molecule has 3 nitrogen and oxygen atoms in total. The zero-order valence-corrected chi connectivity index (χ0v) is 12.6. The molecule has 0 radical (unpaired) electrons. The van der Waals surface area contributed by atoms with Gasteiger partial charge in [0.2, 0.25) is 10.0 Å². The summed E-state index contributed by atoms with van der Waals surface area (Å²) in [6, 6.07) is 10.3. The Morgan fingerprint density at radius 1 is 1.05 bits per heavy atom. The van der Waals surface area contributed by atoms with Crippen LogP contribution in [0.5, 0.6) is 0 Å². The second-order valence-electron chi connectivity index (χ2n) is 4.44. The van der Waals surface area contributed by atoms with Crippen LogP contribution in [0.4, 0.5) is 13.2 Å². The van der Waals surface area contributed by atoms with E-state index >= 15 is 0 Å². The SMILES string of the molecule is O=S(=O)(NCc1ccccc1C(F)(F)F)c1cccc(Cl)c1. The fourth-order valence-corrected chi connectivity index (χ4v) is 3.15. The monoisotopic (exact) mass is 349 g/mol. The van der Waals surface area contributed by atoms with Crippen molar-refractivity contribution < 1.29 is 21.6 Å². The first-order valence-corrected chi connectivity index (χ1v) is 7.96. The maximum Gasteiger partial charge on any atom is 0.416 e. The van der Waals surface area contributed by atoms with Gasteiger partial charge in [-0.05, 0) is 29.8 Å². The zero-order chi connectivity index (χ0) is 16.4. The van der Waals surface area contributed by atoms with Gasteiger partial charge in [0, 0.05) is 11.6 Å². The maximum absolute atomic E-state index is 12.8. The molecule has 118 valence electrons. The lowest BCUT2D eigenvalue weighted by atomic mass is 10.1. The summed E-state index contributed by atoms with van der Waals surface area (Å²) < 4.78 is 64.8. The highest BCUT2D eigenvalue weighted by Gasteiger charge is 2.33. The number of alkyl halides is 3. The van der Waals surface area contributed by atoms with Crippen LogP contribution < -0.4 is 4.72 Å². The normalized spacial score (nSPS) is 12.4. The first kappa shape index (κ1) is 16.8. The highest BCUT2D eigenvalue weighted by molar-refractivity contribution is 7.89. The topological polar surface area (TPSA) is 46.2 Å². The Bertz CT molecular complexity index is 776. The predicted octanol–water partition coefficient (Wildman–Crippen LogP) is 3.84. The van der Waals surface area contributed by atoms with Gasteiger partial charge in [0.05, 0.1) is 10.5 Å². The molecule has 0 aliphatic rings. The molecule has 0 bridgehead atoms. The van der Waals surface area contributed by atoms with Crippen molar-refractivity contribution in [3.63, 3.8) is 0 Å². The van der Waals surface area contributed by atoms with Crippen LogP contribution in [0, 0.1) is 0 Å². The lowest BCUT2D eigenvalue weighted by Gasteiger charge is -2.13. The van der Waals surface area contributed by atoms with Crippen LogP contribution in [-0.4, -0.2) is 8.42 Å². The van der Waals surface area contributed by atoms with Crippen molar-refractivity contribution in [2.45, 2.75) is 17.6 Å². The molecule has 0 heterocycles. The molecule has 2 aromatic carbocycles. The first-order chi connectivity index (χ1) is 10.2. The summed E-state index contributed by atoms with van der Waals surface area (Å²) in [5.74, 6) is 0. The van der Waals surface area contributed by atoms with Crippen LogP contribution in [0.2, 0.25) is 5.02 Å². The van der Waals surface area contributed by atoms with E-state index in [1.165, 1.54) is 42.5 Å². The van der Waals surface area contributed by atoms with Gasteiger partial charge < -0.3 is 0 Å². The van der Waals surface area contributed by atoms with Gasteiger partial charge in [-0.15, -0.1) is 0 Å². The van der Waals surface area contributed by atoms with Crippen LogP contribution in [-0.2, 0) is 22.7 Å². The van der Waals surface area contributed by atoms with Gasteiger partial charge in [0.15, 0.2) is 0 Å². The number of sulfonamides is 1. The molecule has 2 rings (SSSR count). The summed E-state index contributed by atoms with van der Waals surface area (Å²) in [6.45, 7) is -0.468. The van der Waals surface area contributed by atoms with Crippen LogP contribution in [0.1, 0.15) is 11.1 Å². The smallest absolute Gasteiger partial charge is 0.207 e. The number of halogens is 4. The maximum atomic E-state index is 12.8. The Balaban J connectivity index is 2.24. The minimum atomic E-state index is -4.54. The van der Waals surface area contributed by atoms with E-state index in [2.05, 4.69) is 4.72 Å². The highest BCUT2D eigenvalue weighted by Crippen LogP contribution is 2.31. The van der Waals surface area contributed by atoms with E-state index in [1.54, 1.807) is 0 Å². The van der Waals surface area contributed by atoms with Crippen LogP contribution in [0.15, 0.2) is 53.4 Å². The van der Waals surface area contributed by atoms with Gasteiger partial charge >= 0.3 is 6.18 Å². The van der Waals surface area contributed by atoms with E-state index in [1.807, 2.05) is 0 Å². The molecule has 0 spiro atoms. The molecule has 0 amide bonds. The number of benzene rings is 2. The Morgan fingerprint density at radius 2 is 1.73 bits per heavy atom. The molecule has 0 aliphatic carbocycles. The van der Waals surface area contributed by atoms with Gasteiger partial charge in [-0.2, -0.15) is 13.2 Å². The van der Waals surface area contributed by atoms with Crippen LogP contribution in [0.3, 0.4) is 0 Å². The van der Waals surface area contributed by atoms with E-state index < -0.39 is 28.3 Å². The molecule has 0 atom stereocenters. The van der Waals surface area contributed by atoms with Crippen LogP contribution >= 0.6 is 11.6 Å². The molecule has 1 N–H and O–H groups in total. The van der Waals surface area contributed by atoms with E-state index in [0.717, 1.165) is 6.07 Å². The van der Waals surface area contributed by atoms with Gasteiger partial charge in [-0.3, -0.25) is 0 Å². The van der Waals surface area contributed by atoms with Crippen LogP contribution in [0.25, 0.3) is 0 Å². The van der Waals surface area contributed by atoms with Crippen molar-refractivity contribution in [2.24, 2.45) is 0 Å². The van der Waals surface area contributed by atoms with Crippen molar-refractivity contribution in [1.29, 1.82) is 0 Å². The third-order valence-corrected chi connectivity index (χ3v) is 4.52. The second kappa shape index (κ2) is 6.28. The fourth-order valence-electron chi connectivity index (χ4n) is 1.84. The Labute approximate surface area is 130 Å². The molecule has 0 aliphatic heterocycles. The molecule has 8 heteroatoms. The summed E-state index contributed by atoms with van der Waals surface area (Å²) in [5.41, 5.74) is -1.02. The molecule has 2 aromatic rings. The van der Waals surface area contributed by atoms with Gasteiger partial charge in [-0.25, -0.2) is 13.1 Å². The summed E-state index contributed by atoms with van der Waals surface area (Å²) in [7, 11) is -3.95. The minimum absolute atomic E-state index is 0.107. The second-order valence-corrected chi connectivity index (χ2v) is 6.64. The summed E-state index contributed by atoms with van der Waals surface area (Å²) in [4.78, 5) is -0.107. The van der Waals surface area contributed by atoms with Gasteiger partial charge in [0.1, 0.15) is 0 Å². The molecule has 0 unspecified atom stereocenters. The van der Waals surface area contributed by atoms with Crippen molar-refractivity contribution >= 4 is 21.6 Å². The molecule has 22 heavy (non-hydrogen) atoms. The Morgan fingerprint density at radius 3 is 2.36 bits per heavy atom. The van der Waals surface area contributed by atoms with Gasteiger partial charge in [0.25, 0.3) is 0 Å². The largest absolute Gasteiger partial charge is 0.416 e. The molecular formula is C14H11ClF3NO2S. The summed E-state index contributed by atoms with van der Waals surface area (Å²) in [6.07, 6.45) is -4.54. The van der Waals surface area contributed by atoms with Crippen molar-refractivity contribution in [3.05, 3.63) is 64.7 Å². The van der Waals surface area contributed by atoms with E-state index in [0.29, 0.717) is 0 Å². The van der Waals surface area contributed by atoms with Crippen molar-refractivity contribution in [2.75, 3.05) is 0 Å². The average Bonchev–Trinajstić information content (AvgIpc) is 2.44. The molecule has 0 fully saturated rings. The molecular weight excluding hydrogens is 339 g/mol. The van der Waals surface area contributed by atoms with E-state index in [9.17, 15) is 21.6 Å². The average molecular weight is 350 g/mol. The minimum Gasteiger partial charge on any atom is -0.207 e. The molecule has 0 saturated heterocycles.